The molecule has 0 aromatic heterocycles. The highest BCUT2D eigenvalue weighted by molar-refractivity contribution is 5.86. The Labute approximate surface area is 95.1 Å². The number of amidine groups is 1. The Morgan fingerprint density at radius 3 is 2.93 bits per heavy atom. The van der Waals surface area contributed by atoms with E-state index in [2.05, 4.69) is 4.99 Å². The Balaban J connectivity index is 0.00000112. The lowest BCUT2D eigenvalue weighted by atomic mass is 10.0. The molecule has 0 saturated carbocycles. The van der Waals surface area contributed by atoms with Gasteiger partial charge in [0.15, 0.2) is 0 Å². The lowest BCUT2D eigenvalue weighted by molar-refractivity contribution is 0.414. The summed E-state index contributed by atoms with van der Waals surface area (Å²) >= 11 is 0. The second-order valence-corrected chi connectivity index (χ2v) is 3.18. The maximum absolute atomic E-state index is 5.70. The van der Waals surface area contributed by atoms with Crippen molar-refractivity contribution in [3.05, 3.63) is 35.5 Å². The molecule has 0 aliphatic carbocycles. The van der Waals surface area contributed by atoms with Gasteiger partial charge in [-0.25, -0.2) is 4.99 Å². The van der Waals surface area contributed by atoms with Crippen LogP contribution in [0, 0.1) is 0 Å². The first-order valence-electron chi connectivity index (χ1n) is 4.45. The van der Waals surface area contributed by atoms with Crippen molar-refractivity contribution in [2.75, 3.05) is 7.11 Å². The molecule has 0 spiro atoms. The average molecular weight is 225 g/mol. The molecule has 0 unspecified atom stereocenters. The van der Waals surface area contributed by atoms with Gasteiger partial charge in [0.05, 0.1) is 7.11 Å². The number of benzene rings is 1. The number of hydrogen-bond acceptors (Lipinski definition) is 3. The third-order valence-electron chi connectivity index (χ3n) is 2.22. The van der Waals surface area contributed by atoms with Crippen LogP contribution in [-0.2, 0) is 6.42 Å². The predicted molar refractivity (Wildman–Crippen MR) is 64.6 cm³/mol. The van der Waals surface area contributed by atoms with Gasteiger partial charge >= 0.3 is 0 Å². The highest BCUT2D eigenvalue weighted by Gasteiger charge is 2.06. The lowest BCUT2D eigenvalue weighted by Gasteiger charge is -2.06. The minimum absolute atomic E-state index is 0. The predicted octanol–water partition coefficient (Wildman–Crippen LogP) is 2.00. The summed E-state index contributed by atoms with van der Waals surface area (Å²) in [6, 6.07) is 5.94. The summed E-state index contributed by atoms with van der Waals surface area (Å²) in [5.41, 5.74) is 8.00. The second-order valence-electron chi connectivity index (χ2n) is 3.18. The third kappa shape index (κ3) is 2.50. The third-order valence-corrected chi connectivity index (χ3v) is 2.22. The van der Waals surface area contributed by atoms with Gasteiger partial charge in [0.1, 0.15) is 11.6 Å². The van der Waals surface area contributed by atoms with Gasteiger partial charge in [-0.3, -0.25) is 0 Å². The second kappa shape index (κ2) is 4.84. The highest BCUT2D eigenvalue weighted by atomic mass is 35.5. The molecule has 1 heterocycles. The molecule has 0 radical (unpaired) electrons. The van der Waals surface area contributed by atoms with Crippen LogP contribution in [0.2, 0.25) is 0 Å². The van der Waals surface area contributed by atoms with Crippen molar-refractivity contribution in [2.24, 2.45) is 10.7 Å². The number of hydrogen-bond donors (Lipinski definition) is 1. The number of fused-ring (bicyclic) bond motifs is 1. The monoisotopic (exact) mass is 224 g/mol. The van der Waals surface area contributed by atoms with Crippen molar-refractivity contribution in [3.8, 4) is 5.75 Å². The molecule has 1 aromatic rings. The quantitative estimate of drug-likeness (QED) is 0.793. The SMILES string of the molecule is COc1ccc2c(c1)CC(N)=NC=C2.Cl. The van der Waals surface area contributed by atoms with Crippen molar-refractivity contribution in [3.63, 3.8) is 0 Å². The number of halogens is 1. The minimum Gasteiger partial charge on any atom is -0.497 e. The standard InChI is InChI=1S/C11H12N2O.ClH/c1-14-10-3-2-8-4-5-13-11(12)7-9(8)6-10;/h2-6H,7H2,1H3,(H2,12,13);1H. The molecule has 2 N–H and O–H groups in total. The zero-order valence-corrected chi connectivity index (χ0v) is 9.25. The molecule has 15 heavy (non-hydrogen) atoms. The van der Waals surface area contributed by atoms with Crippen LogP contribution >= 0.6 is 12.4 Å². The van der Waals surface area contributed by atoms with Crippen molar-refractivity contribution in [1.82, 2.24) is 0 Å². The number of nitrogens with two attached hydrogens (primary N) is 1. The van der Waals surface area contributed by atoms with Gasteiger partial charge in [0, 0.05) is 12.6 Å². The Hall–Kier alpha value is -1.48. The van der Waals surface area contributed by atoms with Crippen LogP contribution in [0.15, 0.2) is 29.4 Å². The minimum atomic E-state index is 0. The van der Waals surface area contributed by atoms with Gasteiger partial charge < -0.3 is 10.5 Å². The normalized spacial score (nSPS) is 13.3. The largest absolute Gasteiger partial charge is 0.497 e. The number of methoxy groups -OCH3 is 1. The van der Waals surface area contributed by atoms with E-state index in [0.29, 0.717) is 12.3 Å². The molecule has 0 saturated heterocycles. The Bertz CT molecular complexity index is 413. The molecule has 3 nitrogen and oxygen atoms in total. The van der Waals surface area contributed by atoms with Crippen LogP contribution in [0.3, 0.4) is 0 Å². The van der Waals surface area contributed by atoms with Crippen molar-refractivity contribution in [2.45, 2.75) is 6.42 Å². The molecule has 0 atom stereocenters. The Kier molecular flexibility index (Phi) is 3.74. The van der Waals surface area contributed by atoms with E-state index in [4.69, 9.17) is 10.5 Å². The Morgan fingerprint density at radius 1 is 1.40 bits per heavy atom. The summed E-state index contributed by atoms with van der Waals surface area (Å²) in [6.45, 7) is 0. The van der Waals surface area contributed by atoms with Crippen molar-refractivity contribution < 1.29 is 4.74 Å². The lowest BCUT2D eigenvalue weighted by Crippen LogP contribution is -2.14. The number of rotatable bonds is 1. The number of aliphatic imine (C=N–C) groups is 1. The number of ether oxygens (including phenoxy) is 1. The van der Waals surface area contributed by atoms with Crippen molar-refractivity contribution >= 4 is 24.3 Å². The molecule has 4 heteroatoms. The first kappa shape index (κ1) is 11.6. The molecule has 80 valence electrons. The molecule has 0 fully saturated rings. The van der Waals surface area contributed by atoms with Crippen molar-refractivity contribution in [1.29, 1.82) is 0 Å². The summed E-state index contributed by atoms with van der Waals surface area (Å²) < 4.78 is 5.15. The van der Waals surface area contributed by atoms with E-state index in [1.54, 1.807) is 13.3 Å². The van der Waals surface area contributed by atoms with Gasteiger partial charge in [-0.1, -0.05) is 6.07 Å². The maximum Gasteiger partial charge on any atom is 0.119 e. The van der Waals surface area contributed by atoms with E-state index in [0.717, 1.165) is 16.9 Å². The summed E-state index contributed by atoms with van der Waals surface area (Å²) in [5, 5.41) is 0. The van der Waals surface area contributed by atoms with Gasteiger partial charge in [-0.05, 0) is 29.3 Å². The van der Waals surface area contributed by atoms with E-state index >= 15 is 0 Å². The van der Waals surface area contributed by atoms with Crippen LogP contribution in [0.4, 0.5) is 0 Å². The fourth-order valence-corrected chi connectivity index (χ4v) is 1.48. The smallest absolute Gasteiger partial charge is 0.119 e. The van der Waals surface area contributed by atoms with Crippen LogP contribution in [-0.4, -0.2) is 12.9 Å². The van der Waals surface area contributed by atoms with Gasteiger partial charge in [-0.2, -0.15) is 0 Å². The van der Waals surface area contributed by atoms with Crippen LogP contribution in [0.5, 0.6) is 5.75 Å². The van der Waals surface area contributed by atoms with E-state index in [9.17, 15) is 0 Å². The molecule has 0 amide bonds. The van der Waals surface area contributed by atoms with Gasteiger partial charge in [0.2, 0.25) is 0 Å². The molecule has 0 bridgehead atoms. The maximum atomic E-state index is 5.70. The fraction of sp³-hybridized carbons (Fsp3) is 0.182. The average Bonchev–Trinajstić information content (AvgIpc) is 2.37. The zero-order valence-electron chi connectivity index (χ0n) is 8.43. The summed E-state index contributed by atoms with van der Waals surface area (Å²) in [7, 11) is 1.66. The van der Waals surface area contributed by atoms with Gasteiger partial charge in [-0.15, -0.1) is 12.4 Å². The summed E-state index contributed by atoms with van der Waals surface area (Å²) in [4.78, 5) is 4.07. The summed E-state index contributed by atoms with van der Waals surface area (Å²) in [6.07, 6.45) is 4.36. The topological polar surface area (TPSA) is 47.6 Å². The first-order chi connectivity index (χ1) is 6.79. The molecule has 1 aromatic carbocycles. The first-order valence-corrected chi connectivity index (χ1v) is 4.45. The fourth-order valence-electron chi connectivity index (χ4n) is 1.48. The molecular formula is C11H13ClN2O. The number of nitrogens with zero attached hydrogens (tertiary/aromatic N) is 1. The van der Waals surface area contributed by atoms with E-state index < -0.39 is 0 Å². The van der Waals surface area contributed by atoms with Crippen LogP contribution in [0.1, 0.15) is 11.1 Å². The van der Waals surface area contributed by atoms with Crippen LogP contribution < -0.4 is 10.5 Å². The molecule has 2 rings (SSSR count). The summed E-state index contributed by atoms with van der Waals surface area (Å²) in [5.74, 6) is 1.49. The molecule has 1 aliphatic rings. The molecular weight excluding hydrogens is 212 g/mol. The highest BCUT2D eigenvalue weighted by Crippen LogP contribution is 2.20. The van der Waals surface area contributed by atoms with Crippen LogP contribution in [0.25, 0.3) is 6.08 Å². The van der Waals surface area contributed by atoms with E-state index in [1.807, 2.05) is 24.3 Å². The zero-order chi connectivity index (χ0) is 9.97. The van der Waals surface area contributed by atoms with E-state index in [1.165, 1.54) is 0 Å². The molecule has 1 aliphatic heterocycles. The van der Waals surface area contributed by atoms with Gasteiger partial charge in [0.25, 0.3) is 0 Å². The van der Waals surface area contributed by atoms with E-state index in [-0.39, 0.29) is 12.4 Å². The Morgan fingerprint density at radius 2 is 2.20 bits per heavy atom.